The highest BCUT2D eigenvalue weighted by Crippen LogP contribution is 2.24. The largest absolute Gasteiger partial charge is 0.478 e. The van der Waals surface area contributed by atoms with Crippen LogP contribution in [0.25, 0.3) is 0 Å². The average Bonchev–Trinajstić information content (AvgIpc) is 3.30. The quantitative estimate of drug-likeness (QED) is 0.870. The molecule has 1 aromatic rings. The number of nitrogens with zero attached hydrogens (tertiary/aromatic N) is 3. The monoisotopic (exact) mass is 290 g/mol. The first kappa shape index (κ1) is 14.6. The minimum absolute atomic E-state index is 0.644. The van der Waals surface area contributed by atoms with E-state index in [9.17, 15) is 0 Å². The number of hydrogen-bond acceptors (Lipinski definition) is 5. The first-order chi connectivity index (χ1) is 10.2. The fourth-order valence-electron chi connectivity index (χ4n) is 2.85. The van der Waals surface area contributed by atoms with E-state index >= 15 is 0 Å². The van der Waals surface area contributed by atoms with Gasteiger partial charge in [-0.3, -0.25) is 0 Å². The molecule has 0 radical (unpaired) electrons. The van der Waals surface area contributed by atoms with Gasteiger partial charge in [-0.05, 0) is 52.0 Å². The standard InChI is InChI=1S/C16H26N4O/c1-3-21-15-10-12(2)18-16(19-15)20-8-6-13(7-9-20)11-17-14-4-5-14/h10,13-14,17H,3-9,11H2,1-2H3. The summed E-state index contributed by atoms with van der Waals surface area (Å²) in [6.45, 7) is 7.90. The van der Waals surface area contributed by atoms with E-state index in [0.29, 0.717) is 12.5 Å². The number of rotatable bonds is 6. The number of piperidine rings is 1. The molecule has 0 unspecified atom stereocenters. The Morgan fingerprint density at radius 2 is 2.00 bits per heavy atom. The van der Waals surface area contributed by atoms with E-state index in [1.165, 1.54) is 32.2 Å². The number of nitrogens with one attached hydrogen (secondary N) is 1. The normalized spacial score (nSPS) is 19.8. The van der Waals surface area contributed by atoms with Gasteiger partial charge < -0.3 is 15.0 Å². The van der Waals surface area contributed by atoms with Crippen molar-refractivity contribution in [1.29, 1.82) is 0 Å². The van der Waals surface area contributed by atoms with E-state index in [4.69, 9.17) is 4.74 Å². The van der Waals surface area contributed by atoms with Crippen LogP contribution in [-0.2, 0) is 0 Å². The highest BCUT2D eigenvalue weighted by Gasteiger charge is 2.25. The van der Waals surface area contributed by atoms with Gasteiger partial charge in [0.25, 0.3) is 0 Å². The molecule has 2 aliphatic rings. The summed E-state index contributed by atoms with van der Waals surface area (Å²) in [6.07, 6.45) is 5.19. The second kappa shape index (κ2) is 6.60. The van der Waals surface area contributed by atoms with Gasteiger partial charge in [-0.1, -0.05) is 0 Å². The average molecular weight is 290 g/mol. The van der Waals surface area contributed by atoms with Crippen molar-refractivity contribution in [3.05, 3.63) is 11.8 Å². The maximum Gasteiger partial charge on any atom is 0.228 e. The first-order valence-electron chi connectivity index (χ1n) is 8.21. The third kappa shape index (κ3) is 4.06. The summed E-state index contributed by atoms with van der Waals surface area (Å²) in [5.41, 5.74) is 0.973. The van der Waals surface area contributed by atoms with Crippen LogP contribution in [-0.4, -0.2) is 42.3 Å². The van der Waals surface area contributed by atoms with Crippen LogP contribution in [0.5, 0.6) is 5.88 Å². The second-order valence-electron chi connectivity index (χ2n) is 6.19. The van der Waals surface area contributed by atoms with Crippen molar-refractivity contribution in [2.24, 2.45) is 5.92 Å². The Hall–Kier alpha value is -1.36. The van der Waals surface area contributed by atoms with Crippen molar-refractivity contribution < 1.29 is 4.74 Å². The fourth-order valence-corrected chi connectivity index (χ4v) is 2.85. The maximum atomic E-state index is 5.52. The van der Waals surface area contributed by atoms with Gasteiger partial charge in [0.2, 0.25) is 11.8 Å². The SMILES string of the molecule is CCOc1cc(C)nc(N2CCC(CNC3CC3)CC2)n1. The minimum atomic E-state index is 0.644. The van der Waals surface area contributed by atoms with E-state index in [0.717, 1.165) is 36.7 Å². The lowest BCUT2D eigenvalue weighted by Crippen LogP contribution is -2.38. The predicted molar refractivity (Wildman–Crippen MR) is 83.9 cm³/mol. The van der Waals surface area contributed by atoms with Crippen LogP contribution >= 0.6 is 0 Å². The van der Waals surface area contributed by atoms with Crippen LogP contribution in [0.15, 0.2) is 6.07 Å². The lowest BCUT2D eigenvalue weighted by molar-refractivity contribution is 0.324. The Bertz CT molecular complexity index is 467. The van der Waals surface area contributed by atoms with Crippen LogP contribution in [0.3, 0.4) is 0 Å². The number of anilines is 1. The molecule has 3 rings (SSSR count). The molecule has 1 aromatic heterocycles. The number of aromatic nitrogens is 2. The molecule has 1 aliphatic carbocycles. The van der Waals surface area contributed by atoms with Crippen molar-refractivity contribution in [3.8, 4) is 5.88 Å². The summed E-state index contributed by atoms with van der Waals surface area (Å²) < 4.78 is 5.52. The highest BCUT2D eigenvalue weighted by molar-refractivity contribution is 5.34. The van der Waals surface area contributed by atoms with Crippen LogP contribution in [0, 0.1) is 12.8 Å². The van der Waals surface area contributed by atoms with Crippen molar-refractivity contribution in [3.63, 3.8) is 0 Å². The molecule has 0 aromatic carbocycles. The van der Waals surface area contributed by atoms with Crippen LogP contribution in [0.4, 0.5) is 5.95 Å². The molecule has 1 saturated heterocycles. The lowest BCUT2D eigenvalue weighted by atomic mass is 9.97. The Balaban J connectivity index is 1.55. The molecule has 21 heavy (non-hydrogen) atoms. The lowest BCUT2D eigenvalue weighted by Gasteiger charge is -2.32. The zero-order chi connectivity index (χ0) is 14.7. The van der Waals surface area contributed by atoms with E-state index < -0.39 is 0 Å². The molecule has 0 amide bonds. The van der Waals surface area contributed by atoms with E-state index in [2.05, 4.69) is 20.2 Å². The predicted octanol–water partition coefficient (Wildman–Crippen LogP) is 2.15. The zero-order valence-corrected chi connectivity index (χ0v) is 13.1. The van der Waals surface area contributed by atoms with Gasteiger partial charge in [0.05, 0.1) is 6.61 Å². The summed E-state index contributed by atoms with van der Waals surface area (Å²) >= 11 is 0. The Morgan fingerprint density at radius 3 is 2.67 bits per heavy atom. The van der Waals surface area contributed by atoms with Crippen molar-refractivity contribution in [1.82, 2.24) is 15.3 Å². The van der Waals surface area contributed by atoms with Gasteiger partial charge in [-0.15, -0.1) is 0 Å². The summed E-state index contributed by atoms with van der Waals surface area (Å²) in [4.78, 5) is 11.4. The summed E-state index contributed by atoms with van der Waals surface area (Å²) in [6, 6.07) is 2.72. The molecule has 116 valence electrons. The molecule has 0 spiro atoms. The highest BCUT2D eigenvalue weighted by atomic mass is 16.5. The molecule has 1 saturated carbocycles. The number of ether oxygens (including phenoxy) is 1. The topological polar surface area (TPSA) is 50.3 Å². The third-order valence-corrected chi connectivity index (χ3v) is 4.28. The number of hydrogen-bond donors (Lipinski definition) is 1. The van der Waals surface area contributed by atoms with Crippen molar-refractivity contribution in [2.75, 3.05) is 31.1 Å². The van der Waals surface area contributed by atoms with Crippen LogP contribution < -0.4 is 15.0 Å². The first-order valence-corrected chi connectivity index (χ1v) is 8.21. The van der Waals surface area contributed by atoms with E-state index in [-0.39, 0.29) is 0 Å². The molecular weight excluding hydrogens is 264 g/mol. The molecule has 2 heterocycles. The van der Waals surface area contributed by atoms with Gasteiger partial charge in [0.1, 0.15) is 0 Å². The molecule has 0 bridgehead atoms. The summed E-state index contributed by atoms with van der Waals surface area (Å²) in [5, 5.41) is 3.65. The Kier molecular flexibility index (Phi) is 4.58. The molecule has 5 heteroatoms. The molecular formula is C16H26N4O. The Labute approximate surface area is 127 Å². The van der Waals surface area contributed by atoms with Crippen molar-refractivity contribution >= 4 is 5.95 Å². The zero-order valence-electron chi connectivity index (χ0n) is 13.1. The maximum absolute atomic E-state index is 5.52. The Morgan fingerprint density at radius 1 is 1.24 bits per heavy atom. The third-order valence-electron chi connectivity index (χ3n) is 4.28. The van der Waals surface area contributed by atoms with Gasteiger partial charge in [-0.25, -0.2) is 4.98 Å². The number of aryl methyl sites for hydroxylation is 1. The summed E-state index contributed by atoms with van der Waals surface area (Å²) in [5.74, 6) is 2.32. The van der Waals surface area contributed by atoms with Crippen LogP contribution in [0.1, 0.15) is 38.3 Å². The molecule has 0 atom stereocenters. The van der Waals surface area contributed by atoms with Crippen LogP contribution in [0.2, 0.25) is 0 Å². The van der Waals surface area contributed by atoms with Gasteiger partial charge >= 0.3 is 0 Å². The fraction of sp³-hybridized carbons (Fsp3) is 0.750. The van der Waals surface area contributed by atoms with Gasteiger partial charge in [0.15, 0.2) is 0 Å². The van der Waals surface area contributed by atoms with Gasteiger partial charge in [0, 0.05) is 30.9 Å². The molecule has 2 fully saturated rings. The molecule has 1 N–H and O–H groups in total. The summed E-state index contributed by atoms with van der Waals surface area (Å²) in [7, 11) is 0. The van der Waals surface area contributed by atoms with Crippen molar-refractivity contribution in [2.45, 2.75) is 45.6 Å². The molecule has 5 nitrogen and oxygen atoms in total. The second-order valence-corrected chi connectivity index (χ2v) is 6.19. The minimum Gasteiger partial charge on any atom is -0.478 e. The molecule has 1 aliphatic heterocycles. The van der Waals surface area contributed by atoms with E-state index in [1.807, 2.05) is 19.9 Å². The van der Waals surface area contributed by atoms with Gasteiger partial charge in [-0.2, -0.15) is 4.98 Å². The van der Waals surface area contributed by atoms with E-state index in [1.54, 1.807) is 0 Å². The smallest absolute Gasteiger partial charge is 0.228 e.